The van der Waals surface area contributed by atoms with Crippen LogP contribution in [0.5, 0.6) is 0 Å². The van der Waals surface area contributed by atoms with E-state index in [-0.39, 0.29) is 0 Å². The molecule has 2 aliphatic rings. The Morgan fingerprint density at radius 1 is 1.00 bits per heavy atom. The van der Waals surface area contributed by atoms with E-state index in [0.29, 0.717) is 5.92 Å². The molecule has 2 heteroatoms. The molecule has 94 valence electrons. The average molecular weight is 249 g/mol. The van der Waals surface area contributed by atoms with Crippen LogP contribution in [0, 0.1) is 0 Å². The summed E-state index contributed by atoms with van der Waals surface area (Å²) in [5.41, 5.74) is 1.51. The number of aromatic nitrogens is 1. The molecule has 1 nitrogen and oxygen atoms in total. The van der Waals surface area contributed by atoms with Crippen molar-refractivity contribution < 1.29 is 0 Å². The standard InChI is InChI=1S/C15H23NS/c1-10(2)15-16-13(11-8-9-11)14(17-15)12-6-4-3-5-7-12/h10-12H,3-9H2,1-2H3. The lowest BCUT2D eigenvalue weighted by molar-refractivity contribution is 0.446. The van der Waals surface area contributed by atoms with Gasteiger partial charge in [0, 0.05) is 16.7 Å². The summed E-state index contributed by atoms with van der Waals surface area (Å²) < 4.78 is 0. The summed E-state index contributed by atoms with van der Waals surface area (Å²) in [4.78, 5) is 6.64. The molecule has 1 heterocycles. The van der Waals surface area contributed by atoms with E-state index in [1.54, 1.807) is 4.88 Å². The SMILES string of the molecule is CC(C)c1nc(C2CC2)c(C2CCCCC2)s1. The highest BCUT2D eigenvalue weighted by atomic mass is 32.1. The van der Waals surface area contributed by atoms with Gasteiger partial charge < -0.3 is 0 Å². The van der Waals surface area contributed by atoms with Gasteiger partial charge in [0.1, 0.15) is 0 Å². The van der Waals surface area contributed by atoms with Crippen LogP contribution < -0.4 is 0 Å². The lowest BCUT2D eigenvalue weighted by Gasteiger charge is -2.21. The topological polar surface area (TPSA) is 12.9 Å². The number of hydrogen-bond donors (Lipinski definition) is 0. The van der Waals surface area contributed by atoms with Crippen LogP contribution in [-0.2, 0) is 0 Å². The van der Waals surface area contributed by atoms with Crippen molar-refractivity contribution in [2.24, 2.45) is 0 Å². The van der Waals surface area contributed by atoms with E-state index in [9.17, 15) is 0 Å². The largest absolute Gasteiger partial charge is 0.245 e. The minimum absolute atomic E-state index is 0.606. The fraction of sp³-hybridized carbons (Fsp3) is 0.800. The maximum atomic E-state index is 4.97. The molecule has 2 fully saturated rings. The van der Waals surface area contributed by atoms with E-state index in [1.807, 2.05) is 11.3 Å². The second-order valence-electron chi connectivity index (χ2n) is 6.07. The van der Waals surface area contributed by atoms with Gasteiger partial charge in [-0.15, -0.1) is 11.3 Å². The van der Waals surface area contributed by atoms with Crippen molar-refractivity contribution in [3.05, 3.63) is 15.6 Å². The molecule has 17 heavy (non-hydrogen) atoms. The molecule has 0 aromatic carbocycles. The van der Waals surface area contributed by atoms with Crippen molar-refractivity contribution in [1.29, 1.82) is 0 Å². The molecule has 0 amide bonds. The van der Waals surface area contributed by atoms with E-state index >= 15 is 0 Å². The first-order valence-corrected chi connectivity index (χ1v) is 8.08. The molecule has 0 aliphatic heterocycles. The predicted molar refractivity (Wildman–Crippen MR) is 74.0 cm³/mol. The Bertz CT molecular complexity index is 384. The lowest BCUT2D eigenvalue weighted by Crippen LogP contribution is -2.04. The van der Waals surface area contributed by atoms with E-state index in [4.69, 9.17) is 4.98 Å². The molecule has 0 spiro atoms. The molecule has 0 saturated heterocycles. The van der Waals surface area contributed by atoms with Crippen LogP contribution in [0.4, 0.5) is 0 Å². The quantitative estimate of drug-likeness (QED) is 0.718. The second-order valence-corrected chi connectivity index (χ2v) is 7.13. The number of hydrogen-bond acceptors (Lipinski definition) is 2. The number of thiazole rings is 1. The van der Waals surface area contributed by atoms with Gasteiger partial charge in [-0.2, -0.15) is 0 Å². The van der Waals surface area contributed by atoms with Gasteiger partial charge in [-0.3, -0.25) is 0 Å². The first-order valence-electron chi connectivity index (χ1n) is 7.26. The van der Waals surface area contributed by atoms with Gasteiger partial charge in [-0.25, -0.2) is 4.98 Å². The predicted octanol–water partition coefficient (Wildman–Crippen LogP) is 5.19. The minimum Gasteiger partial charge on any atom is -0.245 e. The Kier molecular flexibility index (Phi) is 3.25. The van der Waals surface area contributed by atoms with Crippen LogP contribution in [0.25, 0.3) is 0 Å². The molecular formula is C15H23NS. The number of nitrogens with zero attached hydrogens (tertiary/aromatic N) is 1. The highest BCUT2D eigenvalue weighted by molar-refractivity contribution is 7.12. The maximum absolute atomic E-state index is 4.97. The lowest BCUT2D eigenvalue weighted by atomic mass is 9.87. The van der Waals surface area contributed by atoms with Crippen LogP contribution in [-0.4, -0.2) is 4.98 Å². The fourth-order valence-corrected chi connectivity index (χ4v) is 4.24. The van der Waals surface area contributed by atoms with Gasteiger partial charge in [-0.05, 0) is 31.6 Å². The molecule has 0 bridgehead atoms. The first kappa shape index (κ1) is 11.7. The third kappa shape index (κ3) is 2.42. The summed E-state index contributed by atoms with van der Waals surface area (Å²) in [6.07, 6.45) is 9.93. The van der Waals surface area contributed by atoms with Gasteiger partial charge >= 0.3 is 0 Å². The van der Waals surface area contributed by atoms with Crippen molar-refractivity contribution in [3.63, 3.8) is 0 Å². The Labute approximate surface area is 109 Å². The molecule has 2 saturated carbocycles. The van der Waals surface area contributed by atoms with E-state index in [1.165, 1.54) is 55.6 Å². The van der Waals surface area contributed by atoms with Crippen LogP contribution in [0.15, 0.2) is 0 Å². The van der Waals surface area contributed by atoms with Crippen molar-refractivity contribution in [2.75, 3.05) is 0 Å². The van der Waals surface area contributed by atoms with Crippen molar-refractivity contribution in [3.8, 4) is 0 Å². The smallest absolute Gasteiger partial charge is 0.0956 e. The molecule has 3 rings (SSSR count). The summed E-state index contributed by atoms with van der Waals surface area (Å²) in [6.45, 7) is 4.56. The minimum atomic E-state index is 0.606. The van der Waals surface area contributed by atoms with Crippen molar-refractivity contribution in [2.45, 2.75) is 76.5 Å². The van der Waals surface area contributed by atoms with Crippen LogP contribution >= 0.6 is 11.3 Å². The van der Waals surface area contributed by atoms with Crippen LogP contribution in [0.3, 0.4) is 0 Å². The zero-order valence-corrected chi connectivity index (χ0v) is 11.9. The molecule has 1 aromatic rings. The van der Waals surface area contributed by atoms with Gasteiger partial charge in [0.05, 0.1) is 10.7 Å². The zero-order chi connectivity index (χ0) is 11.8. The van der Waals surface area contributed by atoms with E-state index < -0.39 is 0 Å². The highest BCUT2D eigenvalue weighted by Gasteiger charge is 2.32. The Hall–Kier alpha value is -0.370. The van der Waals surface area contributed by atoms with Gasteiger partial charge in [0.25, 0.3) is 0 Å². The second kappa shape index (κ2) is 4.72. The summed E-state index contributed by atoms with van der Waals surface area (Å²) in [5.74, 6) is 2.29. The maximum Gasteiger partial charge on any atom is 0.0956 e. The van der Waals surface area contributed by atoms with E-state index in [2.05, 4.69) is 13.8 Å². The van der Waals surface area contributed by atoms with E-state index in [0.717, 1.165) is 11.8 Å². The molecule has 0 atom stereocenters. The molecule has 2 aliphatic carbocycles. The Balaban J connectivity index is 1.89. The monoisotopic (exact) mass is 249 g/mol. The third-order valence-electron chi connectivity index (χ3n) is 4.13. The molecule has 1 aromatic heterocycles. The first-order chi connectivity index (χ1) is 8.25. The van der Waals surface area contributed by atoms with Gasteiger partial charge in [0.15, 0.2) is 0 Å². The normalized spacial score (nSPS) is 22.3. The molecule has 0 radical (unpaired) electrons. The van der Waals surface area contributed by atoms with Gasteiger partial charge in [-0.1, -0.05) is 33.1 Å². The fourth-order valence-electron chi connectivity index (χ4n) is 2.92. The number of rotatable bonds is 3. The Morgan fingerprint density at radius 2 is 1.71 bits per heavy atom. The Morgan fingerprint density at radius 3 is 2.29 bits per heavy atom. The summed E-state index contributed by atoms with van der Waals surface area (Å²) in [7, 11) is 0. The molecule has 0 unspecified atom stereocenters. The van der Waals surface area contributed by atoms with Crippen LogP contribution in [0.2, 0.25) is 0 Å². The highest BCUT2D eigenvalue weighted by Crippen LogP contribution is 2.48. The zero-order valence-electron chi connectivity index (χ0n) is 11.0. The summed E-state index contributed by atoms with van der Waals surface area (Å²) in [6, 6.07) is 0. The molecular weight excluding hydrogens is 226 g/mol. The molecule has 0 N–H and O–H groups in total. The van der Waals surface area contributed by atoms with Crippen molar-refractivity contribution >= 4 is 11.3 Å². The average Bonchev–Trinajstić information content (AvgIpc) is 3.09. The third-order valence-corrected chi connectivity index (χ3v) is 5.67. The van der Waals surface area contributed by atoms with Gasteiger partial charge in [0.2, 0.25) is 0 Å². The van der Waals surface area contributed by atoms with Crippen molar-refractivity contribution in [1.82, 2.24) is 4.98 Å². The summed E-state index contributed by atoms with van der Waals surface area (Å²) in [5, 5.41) is 1.38. The van der Waals surface area contributed by atoms with Crippen LogP contribution in [0.1, 0.15) is 92.1 Å². The summed E-state index contributed by atoms with van der Waals surface area (Å²) >= 11 is 2.03.